The molecule has 0 spiro atoms. The van der Waals surface area contributed by atoms with Crippen LogP contribution in [0.25, 0.3) is 5.69 Å². The number of halogens is 1. The van der Waals surface area contributed by atoms with Gasteiger partial charge in [-0.05, 0) is 23.8 Å². The Morgan fingerprint density at radius 2 is 2.14 bits per heavy atom. The third kappa shape index (κ3) is 4.61. The van der Waals surface area contributed by atoms with Gasteiger partial charge in [-0.2, -0.15) is 5.10 Å². The third-order valence-electron chi connectivity index (χ3n) is 4.55. The summed E-state index contributed by atoms with van der Waals surface area (Å²) in [5.74, 6) is 1.71. The van der Waals surface area contributed by atoms with Gasteiger partial charge in [0, 0.05) is 25.6 Å². The molecule has 0 saturated heterocycles. The lowest BCUT2D eigenvalue weighted by molar-refractivity contribution is 0.261. The second kappa shape index (κ2) is 9.54. The van der Waals surface area contributed by atoms with Crippen LogP contribution in [-0.4, -0.2) is 34.4 Å². The molecule has 2 N–H and O–H groups in total. The van der Waals surface area contributed by atoms with Crippen LogP contribution in [0, 0.1) is 0 Å². The number of guanidine groups is 1. The van der Waals surface area contributed by atoms with Crippen molar-refractivity contribution in [2.24, 2.45) is 4.99 Å². The van der Waals surface area contributed by atoms with Gasteiger partial charge in [0.05, 0.1) is 18.3 Å². The minimum atomic E-state index is 0. The van der Waals surface area contributed by atoms with E-state index in [0.717, 1.165) is 29.4 Å². The summed E-state index contributed by atoms with van der Waals surface area (Å²) in [5, 5.41) is 11.1. The molecular weight excluding hydrogens is 467 g/mol. The highest BCUT2D eigenvalue weighted by molar-refractivity contribution is 14.0. The fourth-order valence-electron chi connectivity index (χ4n) is 3.19. The van der Waals surface area contributed by atoms with Crippen LogP contribution in [0.3, 0.4) is 0 Å². The highest BCUT2D eigenvalue weighted by Crippen LogP contribution is 2.31. The van der Waals surface area contributed by atoms with Crippen molar-refractivity contribution in [2.45, 2.75) is 19.0 Å². The summed E-state index contributed by atoms with van der Waals surface area (Å²) in [6.07, 6.45) is 4.12. The lowest BCUT2D eigenvalue weighted by Crippen LogP contribution is -2.40. The number of hydrogen-bond acceptors (Lipinski definition) is 4. The Balaban J connectivity index is 0.00000225. The molecule has 2 heterocycles. The van der Waals surface area contributed by atoms with Gasteiger partial charge < -0.3 is 15.4 Å². The first kappa shape index (κ1) is 20.1. The number of benzene rings is 2. The average molecular weight is 490 g/mol. The van der Waals surface area contributed by atoms with Gasteiger partial charge in [0.1, 0.15) is 18.4 Å². The zero-order valence-electron chi connectivity index (χ0n) is 15.6. The number of fused-ring (bicyclic) bond motifs is 1. The van der Waals surface area contributed by atoms with E-state index in [-0.39, 0.29) is 30.0 Å². The SMILES string of the molecule is CN=C(NCc1cccc(-n2cncn2)c1)NC1CCOc2ccccc21.I. The molecule has 0 saturated carbocycles. The summed E-state index contributed by atoms with van der Waals surface area (Å²) in [6, 6.07) is 16.5. The summed E-state index contributed by atoms with van der Waals surface area (Å²) in [6.45, 7) is 1.36. The largest absolute Gasteiger partial charge is 0.493 e. The molecule has 4 rings (SSSR count). The van der Waals surface area contributed by atoms with Crippen molar-refractivity contribution in [3.05, 3.63) is 72.3 Å². The Morgan fingerprint density at radius 1 is 1.25 bits per heavy atom. The summed E-state index contributed by atoms with van der Waals surface area (Å²) in [5.41, 5.74) is 3.28. The first-order chi connectivity index (χ1) is 13.3. The van der Waals surface area contributed by atoms with Crippen molar-refractivity contribution in [2.75, 3.05) is 13.7 Å². The molecule has 0 amide bonds. The van der Waals surface area contributed by atoms with Gasteiger partial charge in [-0.15, -0.1) is 24.0 Å². The molecule has 1 unspecified atom stereocenters. The smallest absolute Gasteiger partial charge is 0.191 e. The lowest BCUT2D eigenvalue weighted by Gasteiger charge is -2.28. The number of rotatable bonds is 4. The summed E-state index contributed by atoms with van der Waals surface area (Å²) >= 11 is 0. The standard InChI is InChI=1S/C20H22N6O.HI/c1-21-20(25-18-9-10-27-19-8-3-2-7-17(18)19)23-12-15-5-4-6-16(11-15)26-14-22-13-24-26;/h2-8,11,13-14,18H,9-10,12H2,1H3,(H2,21,23,25);1H. The van der Waals surface area contributed by atoms with E-state index in [1.165, 1.54) is 11.9 Å². The van der Waals surface area contributed by atoms with Gasteiger partial charge in [0.15, 0.2) is 5.96 Å². The fraction of sp³-hybridized carbons (Fsp3) is 0.250. The molecule has 0 bridgehead atoms. The Kier molecular flexibility index (Phi) is 6.85. The summed E-state index contributed by atoms with van der Waals surface area (Å²) < 4.78 is 7.48. The van der Waals surface area contributed by atoms with Crippen molar-refractivity contribution >= 4 is 29.9 Å². The molecule has 1 atom stereocenters. The van der Waals surface area contributed by atoms with Crippen LogP contribution in [0.4, 0.5) is 0 Å². The minimum Gasteiger partial charge on any atom is -0.493 e. The molecule has 1 aliphatic heterocycles. The molecular formula is C20H23IN6O. The Bertz CT molecular complexity index is 928. The number of nitrogens with zero attached hydrogens (tertiary/aromatic N) is 4. The van der Waals surface area contributed by atoms with Crippen LogP contribution >= 0.6 is 24.0 Å². The molecule has 3 aromatic rings. The van der Waals surface area contributed by atoms with Crippen LogP contribution in [-0.2, 0) is 6.54 Å². The van der Waals surface area contributed by atoms with Crippen LogP contribution in [0.2, 0.25) is 0 Å². The molecule has 146 valence electrons. The summed E-state index contributed by atoms with van der Waals surface area (Å²) in [7, 11) is 1.78. The zero-order valence-corrected chi connectivity index (χ0v) is 17.9. The maximum absolute atomic E-state index is 5.73. The number of hydrogen-bond donors (Lipinski definition) is 2. The van der Waals surface area contributed by atoms with Gasteiger partial charge in [-0.25, -0.2) is 9.67 Å². The molecule has 1 aliphatic rings. The van der Waals surface area contributed by atoms with E-state index in [0.29, 0.717) is 13.2 Å². The van der Waals surface area contributed by atoms with Gasteiger partial charge in [0.25, 0.3) is 0 Å². The van der Waals surface area contributed by atoms with Crippen LogP contribution in [0.1, 0.15) is 23.6 Å². The average Bonchev–Trinajstić information content (AvgIpc) is 3.26. The molecule has 1 aromatic heterocycles. The van der Waals surface area contributed by atoms with Crippen LogP contribution in [0.5, 0.6) is 5.75 Å². The van der Waals surface area contributed by atoms with Gasteiger partial charge in [0.2, 0.25) is 0 Å². The highest BCUT2D eigenvalue weighted by atomic mass is 127. The molecule has 0 aliphatic carbocycles. The van der Waals surface area contributed by atoms with Crippen molar-refractivity contribution in [3.8, 4) is 11.4 Å². The Hall–Kier alpha value is -2.62. The van der Waals surface area contributed by atoms with Gasteiger partial charge in [-0.1, -0.05) is 30.3 Å². The van der Waals surface area contributed by atoms with Crippen LogP contribution in [0.15, 0.2) is 66.2 Å². The Morgan fingerprint density at radius 3 is 2.96 bits per heavy atom. The number of aliphatic imine (C=N–C) groups is 1. The van der Waals surface area contributed by atoms with E-state index in [1.54, 1.807) is 18.1 Å². The third-order valence-corrected chi connectivity index (χ3v) is 4.55. The van der Waals surface area contributed by atoms with Gasteiger partial charge >= 0.3 is 0 Å². The van der Waals surface area contributed by atoms with E-state index in [9.17, 15) is 0 Å². The van der Waals surface area contributed by atoms with Crippen molar-refractivity contribution in [3.63, 3.8) is 0 Å². The maximum Gasteiger partial charge on any atom is 0.191 e. The van der Waals surface area contributed by atoms with Crippen molar-refractivity contribution in [1.82, 2.24) is 25.4 Å². The second-order valence-corrected chi connectivity index (χ2v) is 6.31. The lowest BCUT2D eigenvalue weighted by atomic mass is 10.0. The molecule has 8 heteroatoms. The topological polar surface area (TPSA) is 76.4 Å². The monoisotopic (exact) mass is 490 g/mol. The normalized spacial score (nSPS) is 15.8. The molecule has 28 heavy (non-hydrogen) atoms. The number of nitrogens with one attached hydrogen (secondary N) is 2. The number of aromatic nitrogens is 3. The predicted molar refractivity (Wildman–Crippen MR) is 119 cm³/mol. The van der Waals surface area contributed by atoms with E-state index in [4.69, 9.17) is 4.74 Å². The van der Waals surface area contributed by atoms with Gasteiger partial charge in [-0.3, -0.25) is 4.99 Å². The van der Waals surface area contributed by atoms with Crippen molar-refractivity contribution in [1.29, 1.82) is 0 Å². The maximum atomic E-state index is 5.73. The van der Waals surface area contributed by atoms with E-state index in [1.807, 2.05) is 30.3 Å². The number of para-hydroxylation sites is 1. The van der Waals surface area contributed by atoms with Crippen molar-refractivity contribution < 1.29 is 4.74 Å². The fourth-order valence-corrected chi connectivity index (χ4v) is 3.19. The quantitative estimate of drug-likeness (QED) is 0.334. The van der Waals surface area contributed by atoms with E-state index in [2.05, 4.69) is 43.9 Å². The zero-order chi connectivity index (χ0) is 18.5. The second-order valence-electron chi connectivity index (χ2n) is 6.31. The molecule has 2 aromatic carbocycles. The number of ether oxygens (including phenoxy) is 1. The first-order valence-corrected chi connectivity index (χ1v) is 8.96. The first-order valence-electron chi connectivity index (χ1n) is 8.96. The highest BCUT2D eigenvalue weighted by Gasteiger charge is 2.21. The van der Waals surface area contributed by atoms with E-state index >= 15 is 0 Å². The minimum absolute atomic E-state index is 0. The van der Waals surface area contributed by atoms with Crippen LogP contribution < -0.4 is 15.4 Å². The predicted octanol–water partition coefficient (Wildman–Crippen LogP) is 3.07. The van der Waals surface area contributed by atoms with E-state index < -0.39 is 0 Å². The molecule has 0 radical (unpaired) electrons. The molecule has 7 nitrogen and oxygen atoms in total. The molecule has 0 fully saturated rings. The summed E-state index contributed by atoms with van der Waals surface area (Å²) in [4.78, 5) is 8.36. The Labute approximate surface area is 181 Å².